The average molecular weight is 158 g/mol. The standard InChI is InChI=1S/C8H14O3/c1-2-11-8-5-9-3-7(8)4-10-6-8/h7H,2-6H2,1H3. The number of ether oxygens (including phenoxy) is 3. The molecule has 0 saturated carbocycles. The SMILES string of the molecule is CCOC12COCC1COC2. The van der Waals surface area contributed by atoms with Crippen LogP contribution in [0.1, 0.15) is 6.92 Å². The summed E-state index contributed by atoms with van der Waals surface area (Å²) in [6.45, 7) is 5.81. The van der Waals surface area contributed by atoms with Crippen molar-refractivity contribution in [1.82, 2.24) is 0 Å². The van der Waals surface area contributed by atoms with Crippen molar-refractivity contribution in [3.63, 3.8) is 0 Å². The fourth-order valence-electron chi connectivity index (χ4n) is 1.87. The molecule has 0 aromatic heterocycles. The molecule has 0 unspecified atom stereocenters. The lowest BCUT2D eigenvalue weighted by Gasteiger charge is -2.24. The fraction of sp³-hybridized carbons (Fsp3) is 1.00. The maximum absolute atomic E-state index is 5.66. The van der Waals surface area contributed by atoms with Gasteiger partial charge in [-0.2, -0.15) is 0 Å². The van der Waals surface area contributed by atoms with Crippen LogP contribution in [0.15, 0.2) is 0 Å². The molecule has 2 rings (SSSR count). The first kappa shape index (κ1) is 7.53. The minimum atomic E-state index is -0.0885. The van der Waals surface area contributed by atoms with E-state index in [1.165, 1.54) is 0 Å². The first-order chi connectivity index (χ1) is 5.37. The van der Waals surface area contributed by atoms with Gasteiger partial charge in [0.25, 0.3) is 0 Å². The molecule has 0 spiro atoms. The van der Waals surface area contributed by atoms with Crippen LogP contribution < -0.4 is 0 Å². The van der Waals surface area contributed by atoms with Crippen molar-refractivity contribution in [3.05, 3.63) is 0 Å². The zero-order chi connectivity index (χ0) is 7.73. The molecule has 3 heteroatoms. The molecule has 3 nitrogen and oxygen atoms in total. The Morgan fingerprint density at radius 1 is 1.36 bits per heavy atom. The predicted molar refractivity (Wildman–Crippen MR) is 39.5 cm³/mol. The highest BCUT2D eigenvalue weighted by Gasteiger charge is 2.49. The van der Waals surface area contributed by atoms with Crippen molar-refractivity contribution in [1.29, 1.82) is 0 Å². The van der Waals surface area contributed by atoms with E-state index in [9.17, 15) is 0 Å². The first-order valence-electron chi connectivity index (χ1n) is 4.17. The van der Waals surface area contributed by atoms with Crippen molar-refractivity contribution in [2.24, 2.45) is 5.92 Å². The smallest absolute Gasteiger partial charge is 0.122 e. The van der Waals surface area contributed by atoms with Gasteiger partial charge in [0, 0.05) is 12.5 Å². The monoisotopic (exact) mass is 158 g/mol. The lowest BCUT2D eigenvalue weighted by atomic mass is 9.95. The zero-order valence-corrected chi connectivity index (χ0v) is 6.84. The third kappa shape index (κ3) is 1.08. The van der Waals surface area contributed by atoms with E-state index < -0.39 is 0 Å². The van der Waals surface area contributed by atoms with E-state index in [0.29, 0.717) is 19.1 Å². The molecule has 2 aliphatic rings. The van der Waals surface area contributed by atoms with Crippen molar-refractivity contribution in [2.45, 2.75) is 12.5 Å². The number of hydrogen-bond acceptors (Lipinski definition) is 3. The molecule has 2 fully saturated rings. The summed E-state index contributed by atoms with van der Waals surface area (Å²) in [5, 5.41) is 0. The number of hydrogen-bond donors (Lipinski definition) is 0. The van der Waals surface area contributed by atoms with Crippen LogP contribution in [0.25, 0.3) is 0 Å². The van der Waals surface area contributed by atoms with E-state index in [4.69, 9.17) is 14.2 Å². The Hall–Kier alpha value is -0.120. The van der Waals surface area contributed by atoms with E-state index in [2.05, 4.69) is 0 Å². The van der Waals surface area contributed by atoms with E-state index in [1.54, 1.807) is 0 Å². The van der Waals surface area contributed by atoms with Crippen LogP contribution in [0.5, 0.6) is 0 Å². The van der Waals surface area contributed by atoms with Crippen molar-refractivity contribution < 1.29 is 14.2 Å². The van der Waals surface area contributed by atoms with Crippen LogP contribution in [-0.2, 0) is 14.2 Å². The molecule has 0 aromatic carbocycles. The quantitative estimate of drug-likeness (QED) is 0.583. The predicted octanol–water partition coefficient (Wildman–Crippen LogP) is 0.438. The third-order valence-electron chi connectivity index (χ3n) is 2.51. The van der Waals surface area contributed by atoms with Gasteiger partial charge in [0.15, 0.2) is 0 Å². The summed E-state index contributed by atoms with van der Waals surface area (Å²) in [4.78, 5) is 0. The molecule has 11 heavy (non-hydrogen) atoms. The van der Waals surface area contributed by atoms with Crippen LogP contribution in [0.4, 0.5) is 0 Å². The molecular weight excluding hydrogens is 144 g/mol. The molecule has 0 amide bonds. The van der Waals surface area contributed by atoms with Gasteiger partial charge in [-0.05, 0) is 6.92 Å². The topological polar surface area (TPSA) is 27.7 Å². The average Bonchev–Trinajstić information content (AvgIpc) is 2.45. The van der Waals surface area contributed by atoms with Gasteiger partial charge in [0.2, 0.25) is 0 Å². The highest BCUT2D eigenvalue weighted by atomic mass is 16.6. The number of fused-ring (bicyclic) bond motifs is 1. The van der Waals surface area contributed by atoms with Gasteiger partial charge >= 0.3 is 0 Å². The van der Waals surface area contributed by atoms with E-state index in [0.717, 1.165) is 19.8 Å². The maximum Gasteiger partial charge on any atom is 0.122 e. The summed E-state index contributed by atoms with van der Waals surface area (Å²) < 4.78 is 16.4. The second-order valence-electron chi connectivity index (χ2n) is 3.22. The molecule has 2 saturated heterocycles. The molecular formula is C8H14O3. The second-order valence-corrected chi connectivity index (χ2v) is 3.22. The molecule has 0 atom stereocenters. The van der Waals surface area contributed by atoms with Gasteiger partial charge in [0.1, 0.15) is 5.60 Å². The Kier molecular flexibility index (Phi) is 1.87. The van der Waals surface area contributed by atoms with Crippen LogP contribution in [0, 0.1) is 5.92 Å². The second kappa shape index (κ2) is 2.73. The first-order valence-corrected chi connectivity index (χ1v) is 4.17. The summed E-state index contributed by atoms with van der Waals surface area (Å²) in [5.41, 5.74) is -0.0885. The van der Waals surface area contributed by atoms with Crippen molar-refractivity contribution >= 4 is 0 Å². The summed E-state index contributed by atoms with van der Waals surface area (Å²) >= 11 is 0. The lowest BCUT2D eigenvalue weighted by Crippen LogP contribution is -2.39. The molecule has 0 radical (unpaired) electrons. The molecule has 0 aliphatic carbocycles. The Morgan fingerprint density at radius 3 is 2.55 bits per heavy atom. The van der Waals surface area contributed by atoms with Crippen molar-refractivity contribution in [2.75, 3.05) is 33.0 Å². The van der Waals surface area contributed by atoms with Crippen LogP contribution in [0.3, 0.4) is 0 Å². The highest BCUT2D eigenvalue weighted by Crippen LogP contribution is 2.34. The summed E-state index contributed by atoms with van der Waals surface area (Å²) in [6.07, 6.45) is 0. The Labute approximate surface area is 66.6 Å². The van der Waals surface area contributed by atoms with Gasteiger partial charge in [-0.25, -0.2) is 0 Å². The third-order valence-corrected chi connectivity index (χ3v) is 2.51. The Morgan fingerprint density at radius 2 is 2.00 bits per heavy atom. The van der Waals surface area contributed by atoms with Gasteiger partial charge in [-0.3, -0.25) is 0 Å². The summed E-state index contributed by atoms with van der Waals surface area (Å²) in [7, 11) is 0. The summed E-state index contributed by atoms with van der Waals surface area (Å²) in [5.74, 6) is 0.474. The molecule has 2 heterocycles. The Balaban J connectivity index is 2.07. The minimum Gasteiger partial charge on any atom is -0.378 e. The highest BCUT2D eigenvalue weighted by molar-refractivity contribution is 4.96. The maximum atomic E-state index is 5.66. The normalized spacial score (nSPS) is 42.8. The van der Waals surface area contributed by atoms with Crippen molar-refractivity contribution in [3.8, 4) is 0 Å². The van der Waals surface area contributed by atoms with Gasteiger partial charge in [-0.15, -0.1) is 0 Å². The van der Waals surface area contributed by atoms with E-state index in [-0.39, 0.29) is 5.60 Å². The number of rotatable bonds is 2. The lowest BCUT2D eigenvalue weighted by molar-refractivity contribution is -0.0620. The molecule has 2 aliphatic heterocycles. The van der Waals surface area contributed by atoms with E-state index in [1.807, 2.05) is 6.92 Å². The summed E-state index contributed by atoms with van der Waals surface area (Å²) in [6, 6.07) is 0. The molecule has 0 N–H and O–H groups in total. The van der Waals surface area contributed by atoms with E-state index >= 15 is 0 Å². The van der Waals surface area contributed by atoms with Gasteiger partial charge in [-0.1, -0.05) is 0 Å². The largest absolute Gasteiger partial charge is 0.378 e. The fourth-order valence-corrected chi connectivity index (χ4v) is 1.87. The van der Waals surface area contributed by atoms with Crippen LogP contribution >= 0.6 is 0 Å². The Bertz CT molecular complexity index is 136. The molecule has 0 aromatic rings. The van der Waals surface area contributed by atoms with Crippen LogP contribution in [-0.4, -0.2) is 38.6 Å². The molecule has 0 bridgehead atoms. The minimum absolute atomic E-state index is 0.0885. The van der Waals surface area contributed by atoms with Crippen LogP contribution in [0.2, 0.25) is 0 Å². The zero-order valence-electron chi connectivity index (χ0n) is 6.84. The van der Waals surface area contributed by atoms with Gasteiger partial charge < -0.3 is 14.2 Å². The molecule has 64 valence electrons. The van der Waals surface area contributed by atoms with Gasteiger partial charge in [0.05, 0.1) is 26.4 Å².